The lowest BCUT2D eigenvalue weighted by atomic mass is 9.86. The van der Waals surface area contributed by atoms with Gasteiger partial charge in [-0.1, -0.05) is 12.1 Å². The van der Waals surface area contributed by atoms with Crippen molar-refractivity contribution in [3.05, 3.63) is 34.9 Å². The van der Waals surface area contributed by atoms with Crippen molar-refractivity contribution in [3.63, 3.8) is 0 Å². The van der Waals surface area contributed by atoms with E-state index in [2.05, 4.69) is 21.6 Å². The van der Waals surface area contributed by atoms with E-state index in [-0.39, 0.29) is 36.3 Å². The summed E-state index contributed by atoms with van der Waals surface area (Å²) < 4.78 is 0. The average Bonchev–Trinajstić information content (AvgIpc) is 3.56. The summed E-state index contributed by atoms with van der Waals surface area (Å²) in [4.78, 5) is 40.8. The van der Waals surface area contributed by atoms with Gasteiger partial charge in [0.25, 0.3) is 5.91 Å². The van der Waals surface area contributed by atoms with Crippen molar-refractivity contribution in [1.82, 2.24) is 20.4 Å². The summed E-state index contributed by atoms with van der Waals surface area (Å²) in [5, 5.41) is 16.1. The van der Waals surface area contributed by atoms with Crippen molar-refractivity contribution >= 4 is 17.7 Å². The molecule has 1 aliphatic carbocycles. The van der Waals surface area contributed by atoms with Gasteiger partial charge in [0.15, 0.2) is 0 Å². The molecule has 0 bridgehead atoms. The maximum atomic E-state index is 13.0. The number of imide groups is 1. The molecule has 3 amide bonds. The molecule has 1 unspecified atom stereocenters. The summed E-state index contributed by atoms with van der Waals surface area (Å²) in [7, 11) is 0. The fourth-order valence-electron chi connectivity index (χ4n) is 5.45. The first-order chi connectivity index (χ1) is 15.5. The molecule has 0 radical (unpaired) electrons. The van der Waals surface area contributed by atoms with Crippen molar-refractivity contribution in [3.8, 4) is 0 Å². The van der Waals surface area contributed by atoms with E-state index < -0.39 is 6.04 Å². The maximum Gasteiger partial charge on any atom is 0.255 e. The number of hydrogen-bond acceptors (Lipinski definition) is 6. The number of benzene rings is 1. The summed E-state index contributed by atoms with van der Waals surface area (Å²) in [6.07, 6.45) is 5.02. The van der Waals surface area contributed by atoms with Gasteiger partial charge in [0.05, 0.1) is 6.61 Å². The van der Waals surface area contributed by atoms with Gasteiger partial charge >= 0.3 is 0 Å². The van der Waals surface area contributed by atoms with Crippen LogP contribution in [0.5, 0.6) is 0 Å². The smallest absolute Gasteiger partial charge is 0.255 e. The molecule has 3 heterocycles. The summed E-state index contributed by atoms with van der Waals surface area (Å²) in [6, 6.07) is 5.39. The van der Waals surface area contributed by atoms with Crippen LogP contribution in [0.25, 0.3) is 0 Å². The monoisotopic (exact) mass is 440 g/mol. The van der Waals surface area contributed by atoms with Crippen LogP contribution in [0, 0.1) is 5.92 Å². The lowest BCUT2D eigenvalue weighted by Gasteiger charge is -2.46. The SMILES string of the molecule is O=C1CCC(N2Cc3cc(CN(CC4CC4)C4(CO)CCNCC4)ccc3C2=O)C(=O)N1. The Morgan fingerprint density at radius 2 is 1.91 bits per heavy atom. The number of nitrogens with one attached hydrogen (secondary N) is 2. The van der Waals surface area contributed by atoms with Crippen LogP contribution in [-0.4, -0.2) is 70.4 Å². The van der Waals surface area contributed by atoms with Crippen LogP contribution < -0.4 is 10.6 Å². The van der Waals surface area contributed by atoms with Crippen molar-refractivity contribution in [2.45, 2.75) is 63.2 Å². The molecule has 3 fully saturated rings. The molecule has 1 aromatic carbocycles. The van der Waals surface area contributed by atoms with Crippen LogP contribution in [0.4, 0.5) is 0 Å². The van der Waals surface area contributed by atoms with Crippen LogP contribution in [0.2, 0.25) is 0 Å². The third-order valence-electron chi connectivity index (χ3n) is 7.64. The topological polar surface area (TPSA) is 102 Å². The van der Waals surface area contributed by atoms with Crippen molar-refractivity contribution in [2.24, 2.45) is 5.92 Å². The highest BCUT2D eigenvalue weighted by Gasteiger charge is 2.41. The Morgan fingerprint density at radius 1 is 1.12 bits per heavy atom. The van der Waals surface area contributed by atoms with Crippen LogP contribution >= 0.6 is 0 Å². The van der Waals surface area contributed by atoms with E-state index in [1.165, 1.54) is 12.8 Å². The minimum atomic E-state index is -0.588. The van der Waals surface area contributed by atoms with Gasteiger partial charge in [0.1, 0.15) is 6.04 Å². The predicted molar refractivity (Wildman–Crippen MR) is 118 cm³/mol. The van der Waals surface area contributed by atoms with Crippen LogP contribution in [0.15, 0.2) is 18.2 Å². The normalized spacial score (nSPS) is 25.2. The first kappa shape index (κ1) is 21.6. The minimum absolute atomic E-state index is 0.138. The van der Waals surface area contributed by atoms with Gasteiger partial charge in [-0.15, -0.1) is 0 Å². The summed E-state index contributed by atoms with van der Waals surface area (Å²) in [5.74, 6) is -0.0772. The fraction of sp³-hybridized carbons (Fsp3) is 0.625. The van der Waals surface area contributed by atoms with E-state index in [0.717, 1.165) is 50.1 Å². The second-order valence-electron chi connectivity index (χ2n) is 9.85. The number of rotatable bonds is 7. The van der Waals surface area contributed by atoms with Gasteiger partial charge in [0, 0.05) is 37.2 Å². The summed E-state index contributed by atoms with van der Waals surface area (Å²) >= 11 is 0. The van der Waals surface area contributed by atoms with Crippen molar-refractivity contribution < 1.29 is 19.5 Å². The summed E-state index contributed by atoms with van der Waals surface area (Å²) in [6.45, 7) is 4.14. The van der Waals surface area contributed by atoms with Gasteiger partial charge in [0.2, 0.25) is 11.8 Å². The standard InChI is InChI=1S/C24H32N4O4/c29-15-24(7-9-25-10-8-24)27(12-16-1-2-16)13-17-3-4-19-18(11-17)14-28(23(19)32)20-5-6-21(30)26-22(20)31/h3-4,11,16,20,25,29H,1-2,5-10,12-15H2,(H,26,30,31). The molecule has 0 aromatic heterocycles. The van der Waals surface area contributed by atoms with Gasteiger partial charge < -0.3 is 15.3 Å². The highest BCUT2D eigenvalue weighted by molar-refractivity contribution is 6.05. The van der Waals surface area contributed by atoms with Gasteiger partial charge in [-0.3, -0.25) is 24.6 Å². The van der Waals surface area contributed by atoms with E-state index in [1.54, 1.807) is 4.90 Å². The third kappa shape index (κ3) is 4.07. The maximum absolute atomic E-state index is 13.0. The molecule has 5 rings (SSSR count). The number of nitrogens with zero attached hydrogens (tertiary/aromatic N) is 2. The molecule has 1 saturated carbocycles. The molecule has 3 aliphatic heterocycles. The Hall–Kier alpha value is -2.29. The number of carbonyl (C=O) groups excluding carboxylic acids is 3. The summed E-state index contributed by atoms with van der Waals surface area (Å²) in [5.41, 5.74) is 2.52. The second-order valence-corrected chi connectivity index (χ2v) is 9.85. The molecule has 1 aromatic rings. The zero-order valence-electron chi connectivity index (χ0n) is 18.4. The zero-order chi connectivity index (χ0) is 22.3. The molecule has 4 aliphatic rings. The molecule has 3 N–H and O–H groups in total. The average molecular weight is 441 g/mol. The highest BCUT2D eigenvalue weighted by atomic mass is 16.3. The Morgan fingerprint density at radius 3 is 2.59 bits per heavy atom. The predicted octanol–water partition coefficient (Wildman–Crippen LogP) is 0.774. The Labute approximate surface area is 188 Å². The van der Waals surface area contributed by atoms with E-state index >= 15 is 0 Å². The Balaban J connectivity index is 1.34. The number of fused-ring (bicyclic) bond motifs is 1. The fourth-order valence-corrected chi connectivity index (χ4v) is 5.45. The molecule has 1 atom stereocenters. The van der Waals surface area contributed by atoms with Gasteiger partial charge in [-0.2, -0.15) is 0 Å². The van der Waals surface area contributed by atoms with Gasteiger partial charge in [-0.05, 0) is 68.3 Å². The third-order valence-corrected chi connectivity index (χ3v) is 7.64. The van der Waals surface area contributed by atoms with Crippen molar-refractivity contribution in [2.75, 3.05) is 26.2 Å². The molecular formula is C24H32N4O4. The number of aliphatic hydroxyl groups excluding tert-OH is 1. The number of carbonyl (C=O) groups is 3. The Bertz CT molecular complexity index is 923. The van der Waals surface area contributed by atoms with Crippen LogP contribution in [-0.2, 0) is 22.7 Å². The zero-order valence-corrected chi connectivity index (χ0v) is 18.4. The second kappa shape index (κ2) is 8.57. The van der Waals surface area contributed by atoms with Gasteiger partial charge in [-0.25, -0.2) is 0 Å². The van der Waals surface area contributed by atoms with E-state index in [0.29, 0.717) is 24.4 Å². The van der Waals surface area contributed by atoms with E-state index in [9.17, 15) is 19.5 Å². The molecular weight excluding hydrogens is 408 g/mol. The van der Waals surface area contributed by atoms with E-state index in [4.69, 9.17) is 0 Å². The van der Waals surface area contributed by atoms with Crippen LogP contribution in [0.1, 0.15) is 60.0 Å². The molecule has 0 spiro atoms. The van der Waals surface area contributed by atoms with Crippen molar-refractivity contribution in [1.29, 1.82) is 0 Å². The largest absolute Gasteiger partial charge is 0.394 e. The quantitative estimate of drug-likeness (QED) is 0.542. The first-order valence-electron chi connectivity index (χ1n) is 11.8. The molecule has 32 heavy (non-hydrogen) atoms. The molecule has 2 saturated heterocycles. The first-order valence-corrected chi connectivity index (χ1v) is 11.8. The van der Waals surface area contributed by atoms with Crippen LogP contribution in [0.3, 0.4) is 0 Å². The highest BCUT2D eigenvalue weighted by Crippen LogP contribution is 2.36. The molecule has 172 valence electrons. The Kier molecular flexibility index (Phi) is 5.77. The molecule has 8 heteroatoms. The lowest BCUT2D eigenvalue weighted by Crippen LogP contribution is -2.57. The van der Waals surface area contributed by atoms with E-state index in [1.807, 2.05) is 12.1 Å². The number of aliphatic hydroxyl groups is 1. The number of hydrogen-bond donors (Lipinski definition) is 3. The minimum Gasteiger partial charge on any atom is -0.394 e. The lowest BCUT2D eigenvalue weighted by molar-refractivity contribution is -0.136. The number of piperidine rings is 2. The number of amides is 3. The molecule has 8 nitrogen and oxygen atoms in total.